The zero-order chi connectivity index (χ0) is 24.4. The average Bonchev–Trinajstić information content (AvgIpc) is 3.20. The van der Waals surface area contributed by atoms with Gasteiger partial charge in [-0.3, -0.25) is 9.89 Å². The number of hydrogen-bond donors (Lipinski definition) is 3. The fourth-order valence-corrected chi connectivity index (χ4v) is 4.58. The summed E-state index contributed by atoms with van der Waals surface area (Å²) >= 11 is 13.6. The molecule has 11 heteroatoms. The molecule has 0 aliphatic carbocycles. The molecule has 1 saturated heterocycles. The smallest absolute Gasteiger partial charge is 0.257 e. The standard InChI is InChI=1S/C24H21Cl2N7OS/c1-14-12-20(32-31-14)28-19-13-21(33-10-3-11-33)30-24(29-19)35-16-8-6-15(7-9-16)27-23(34)17-4-2-5-18(25)22(17)26/h2,4-9,12-13H,3,10-11H2,1H3,(H,27,34)(H2,28,29,30,31,32). The predicted molar refractivity (Wildman–Crippen MR) is 140 cm³/mol. The fraction of sp³-hybridized carbons (Fsp3) is 0.167. The molecule has 0 radical (unpaired) electrons. The summed E-state index contributed by atoms with van der Waals surface area (Å²) in [5.74, 6) is 1.93. The van der Waals surface area contributed by atoms with Crippen LogP contribution >= 0.6 is 35.0 Å². The quantitative estimate of drug-likeness (QED) is 0.248. The maximum Gasteiger partial charge on any atom is 0.257 e. The molecule has 0 bridgehead atoms. The molecule has 178 valence electrons. The number of anilines is 4. The third kappa shape index (κ3) is 5.53. The highest BCUT2D eigenvalue weighted by Gasteiger charge is 2.19. The third-order valence-corrected chi connectivity index (χ3v) is 7.04. The Hall–Kier alpha value is -3.27. The lowest BCUT2D eigenvalue weighted by atomic mass is 10.2. The number of halogens is 2. The molecule has 5 rings (SSSR count). The second kappa shape index (κ2) is 10.2. The molecule has 1 amide bonds. The average molecular weight is 526 g/mol. The molecule has 8 nitrogen and oxygen atoms in total. The van der Waals surface area contributed by atoms with E-state index in [4.69, 9.17) is 28.2 Å². The molecule has 1 aliphatic rings. The molecule has 1 fully saturated rings. The molecule has 1 aliphatic heterocycles. The molecule has 35 heavy (non-hydrogen) atoms. The van der Waals surface area contributed by atoms with E-state index < -0.39 is 0 Å². The van der Waals surface area contributed by atoms with Gasteiger partial charge < -0.3 is 15.5 Å². The number of rotatable bonds is 7. The second-order valence-corrected chi connectivity index (χ2v) is 9.80. The van der Waals surface area contributed by atoms with Gasteiger partial charge in [-0.25, -0.2) is 9.97 Å². The van der Waals surface area contributed by atoms with Gasteiger partial charge in [-0.05, 0) is 61.5 Å². The predicted octanol–water partition coefficient (Wildman–Crippen LogP) is 6.17. The molecule has 3 N–H and O–H groups in total. The molecule has 0 spiro atoms. The number of aryl methyl sites for hydroxylation is 1. The number of aromatic amines is 1. The van der Waals surface area contributed by atoms with Gasteiger partial charge >= 0.3 is 0 Å². The van der Waals surface area contributed by atoms with E-state index in [0.29, 0.717) is 33.1 Å². The van der Waals surface area contributed by atoms with Crippen molar-refractivity contribution in [3.63, 3.8) is 0 Å². The van der Waals surface area contributed by atoms with Crippen LogP contribution in [0.4, 0.5) is 23.1 Å². The molecule has 2 aromatic carbocycles. The van der Waals surface area contributed by atoms with Crippen molar-refractivity contribution in [3.8, 4) is 0 Å². The molecule has 4 aromatic rings. The SMILES string of the molecule is Cc1cc(Nc2cc(N3CCC3)nc(Sc3ccc(NC(=O)c4cccc(Cl)c4Cl)cc3)n2)n[nH]1. The van der Waals surface area contributed by atoms with E-state index in [1.807, 2.05) is 43.3 Å². The third-order valence-electron chi connectivity index (χ3n) is 5.35. The van der Waals surface area contributed by atoms with Gasteiger partial charge in [-0.2, -0.15) is 5.10 Å². The van der Waals surface area contributed by atoms with Crippen LogP contribution in [-0.4, -0.2) is 39.2 Å². The monoisotopic (exact) mass is 525 g/mol. The highest BCUT2D eigenvalue weighted by Crippen LogP contribution is 2.31. The topological polar surface area (TPSA) is 98.8 Å². The number of nitrogens with one attached hydrogen (secondary N) is 3. The van der Waals surface area contributed by atoms with Crippen LogP contribution in [-0.2, 0) is 0 Å². The molecule has 0 saturated carbocycles. The Morgan fingerprint density at radius 3 is 2.54 bits per heavy atom. The Morgan fingerprint density at radius 2 is 1.86 bits per heavy atom. The van der Waals surface area contributed by atoms with Crippen LogP contribution in [0.1, 0.15) is 22.5 Å². The minimum absolute atomic E-state index is 0.229. The van der Waals surface area contributed by atoms with Gasteiger partial charge in [0.2, 0.25) is 0 Å². The Bertz CT molecular complexity index is 1370. The number of nitrogens with zero attached hydrogens (tertiary/aromatic N) is 4. The van der Waals surface area contributed by atoms with Crippen molar-refractivity contribution in [1.82, 2.24) is 20.2 Å². The minimum atomic E-state index is -0.326. The van der Waals surface area contributed by atoms with Gasteiger partial charge in [-0.15, -0.1) is 0 Å². The maximum absolute atomic E-state index is 12.6. The van der Waals surface area contributed by atoms with Crippen molar-refractivity contribution < 1.29 is 4.79 Å². The summed E-state index contributed by atoms with van der Waals surface area (Å²) < 4.78 is 0. The van der Waals surface area contributed by atoms with Gasteiger partial charge in [0, 0.05) is 41.5 Å². The first-order valence-electron chi connectivity index (χ1n) is 10.9. The Labute approximate surface area is 216 Å². The number of benzene rings is 2. The highest BCUT2D eigenvalue weighted by molar-refractivity contribution is 7.99. The van der Waals surface area contributed by atoms with E-state index in [2.05, 4.69) is 30.7 Å². The van der Waals surface area contributed by atoms with Crippen molar-refractivity contribution in [3.05, 3.63) is 75.9 Å². The van der Waals surface area contributed by atoms with E-state index in [-0.39, 0.29) is 10.9 Å². The lowest BCUT2D eigenvalue weighted by Crippen LogP contribution is -2.37. The maximum atomic E-state index is 12.6. The van der Waals surface area contributed by atoms with Gasteiger partial charge in [0.25, 0.3) is 5.91 Å². The van der Waals surface area contributed by atoms with Crippen LogP contribution in [0.2, 0.25) is 10.0 Å². The van der Waals surface area contributed by atoms with E-state index in [1.165, 1.54) is 11.8 Å². The Kier molecular flexibility index (Phi) is 6.81. The van der Waals surface area contributed by atoms with Crippen molar-refractivity contribution in [2.45, 2.75) is 23.4 Å². The Morgan fingerprint density at radius 1 is 1.06 bits per heavy atom. The highest BCUT2D eigenvalue weighted by atomic mass is 35.5. The van der Waals surface area contributed by atoms with Gasteiger partial charge in [0.15, 0.2) is 11.0 Å². The summed E-state index contributed by atoms with van der Waals surface area (Å²) in [6.07, 6.45) is 1.15. The fourth-order valence-electron chi connectivity index (χ4n) is 3.43. The van der Waals surface area contributed by atoms with Crippen LogP contribution in [0, 0.1) is 6.92 Å². The van der Waals surface area contributed by atoms with E-state index >= 15 is 0 Å². The van der Waals surface area contributed by atoms with Crippen molar-refractivity contribution >= 4 is 64.0 Å². The number of carbonyl (C=O) groups is 1. The summed E-state index contributed by atoms with van der Waals surface area (Å²) in [7, 11) is 0. The lowest BCUT2D eigenvalue weighted by molar-refractivity contribution is 0.102. The summed E-state index contributed by atoms with van der Waals surface area (Å²) in [5.41, 5.74) is 1.92. The summed E-state index contributed by atoms with van der Waals surface area (Å²) in [5, 5.41) is 14.4. The number of carbonyl (C=O) groups excluding carboxylic acids is 1. The zero-order valence-corrected chi connectivity index (χ0v) is 21.0. The van der Waals surface area contributed by atoms with Crippen LogP contribution in [0.25, 0.3) is 0 Å². The first-order chi connectivity index (χ1) is 16.9. The first-order valence-corrected chi connectivity index (χ1v) is 12.5. The summed E-state index contributed by atoms with van der Waals surface area (Å²) in [6, 6.07) is 16.3. The van der Waals surface area contributed by atoms with Gasteiger partial charge in [-0.1, -0.05) is 29.3 Å². The molecular formula is C24H21Cl2N7OS. The van der Waals surface area contributed by atoms with E-state index in [0.717, 1.165) is 35.9 Å². The lowest BCUT2D eigenvalue weighted by Gasteiger charge is -2.32. The molecule has 3 heterocycles. The normalized spacial score (nSPS) is 12.8. The summed E-state index contributed by atoms with van der Waals surface area (Å²) in [4.78, 5) is 25.1. The second-order valence-electron chi connectivity index (χ2n) is 7.98. The van der Waals surface area contributed by atoms with Crippen LogP contribution in [0.15, 0.2) is 64.6 Å². The number of H-pyrrole nitrogens is 1. The van der Waals surface area contributed by atoms with E-state index in [1.54, 1.807) is 18.2 Å². The van der Waals surface area contributed by atoms with Gasteiger partial charge in [0.05, 0.1) is 15.6 Å². The van der Waals surface area contributed by atoms with E-state index in [9.17, 15) is 4.79 Å². The van der Waals surface area contributed by atoms with Crippen molar-refractivity contribution in [2.75, 3.05) is 28.6 Å². The van der Waals surface area contributed by atoms with Crippen molar-refractivity contribution in [1.29, 1.82) is 0 Å². The first kappa shape index (κ1) is 23.5. The molecule has 2 aromatic heterocycles. The molecule has 0 atom stereocenters. The molecule has 0 unspecified atom stereocenters. The number of hydrogen-bond acceptors (Lipinski definition) is 7. The van der Waals surface area contributed by atoms with Crippen LogP contribution < -0.4 is 15.5 Å². The number of aromatic nitrogens is 4. The van der Waals surface area contributed by atoms with Gasteiger partial charge in [0.1, 0.15) is 11.6 Å². The van der Waals surface area contributed by atoms with Crippen LogP contribution in [0.5, 0.6) is 0 Å². The molecular weight excluding hydrogens is 505 g/mol. The number of amides is 1. The minimum Gasteiger partial charge on any atom is -0.356 e. The van der Waals surface area contributed by atoms with Crippen molar-refractivity contribution in [2.24, 2.45) is 0 Å². The zero-order valence-electron chi connectivity index (χ0n) is 18.7. The Balaban J connectivity index is 1.31. The largest absolute Gasteiger partial charge is 0.356 e. The van der Waals surface area contributed by atoms with Crippen LogP contribution in [0.3, 0.4) is 0 Å². The summed E-state index contributed by atoms with van der Waals surface area (Å²) in [6.45, 7) is 3.90.